The Bertz CT molecular complexity index is 1180. The Kier molecular flexibility index (Phi) is 5.95. The zero-order chi connectivity index (χ0) is 22.8. The van der Waals surface area contributed by atoms with E-state index in [1.807, 2.05) is 4.90 Å². The molecule has 0 spiro atoms. The van der Waals surface area contributed by atoms with Crippen LogP contribution in [0.3, 0.4) is 0 Å². The maximum atomic E-state index is 13.8. The van der Waals surface area contributed by atoms with Gasteiger partial charge in [-0.2, -0.15) is 0 Å². The minimum Gasteiger partial charge on any atom is -0.368 e. The summed E-state index contributed by atoms with van der Waals surface area (Å²) in [6.45, 7) is 4.10. The number of anilines is 2. The van der Waals surface area contributed by atoms with Crippen LogP contribution < -0.4 is 10.2 Å². The van der Waals surface area contributed by atoms with E-state index in [0.29, 0.717) is 31.6 Å². The summed E-state index contributed by atoms with van der Waals surface area (Å²) in [4.78, 5) is 31.6. The number of carbonyl (C=O) groups is 1. The van der Waals surface area contributed by atoms with Crippen LogP contribution in [0.25, 0.3) is 10.8 Å². The Morgan fingerprint density at radius 3 is 2.56 bits per heavy atom. The van der Waals surface area contributed by atoms with E-state index in [0.717, 1.165) is 23.2 Å². The molecule has 2 heterocycles. The molecule has 1 N–H and O–H groups in total. The van der Waals surface area contributed by atoms with Gasteiger partial charge in [0.2, 0.25) is 5.91 Å². The van der Waals surface area contributed by atoms with Gasteiger partial charge in [-0.3, -0.25) is 24.8 Å². The van der Waals surface area contributed by atoms with Crippen LogP contribution in [0.4, 0.5) is 25.8 Å². The van der Waals surface area contributed by atoms with E-state index in [4.69, 9.17) is 0 Å². The van der Waals surface area contributed by atoms with Gasteiger partial charge in [-0.05, 0) is 31.2 Å². The molecule has 0 unspecified atom stereocenters. The first-order chi connectivity index (χ1) is 15.3. The molecule has 2 aromatic carbocycles. The molecular weight excluding hydrogens is 420 g/mol. The van der Waals surface area contributed by atoms with Crippen LogP contribution in [-0.4, -0.2) is 52.9 Å². The van der Waals surface area contributed by atoms with E-state index in [1.165, 1.54) is 18.3 Å². The monoisotopic (exact) mass is 441 g/mol. The summed E-state index contributed by atoms with van der Waals surface area (Å²) < 4.78 is 26.9. The second-order valence-electron chi connectivity index (χ2n) is 7.59. The van der Waals surface area contributed by atoms with Gasteiger partial charge >= 0.3 is 0 Å². The van der Waals surface area contributed by atoms with Gasteiger partial charge in [-0.1, -0.05) is 0 Å². The topological polar surface area (TPSA) is 91.6 Å². The van der Waals surface area contributed by atoms with Gasteiger partial charge in [0.15, 0.2) is 0 Å². The van der Waals surface area contributed by atoms with Crippen molar-refractivity contribution >= 4 is 33.7 Å². The van der Waals surface area contributed by atoms with Crippen molar-refractivity contribution in [2.45, 2.75) is 13.0 Å². The molecule has 3 aromatic rings. The molecule has 8 nitrogen and oxygen atoms in total. The van der Waals surface area contributed by atoms with Gasteiger partial charge in [0.05, 0.1) is 22.0 Å². The molecule has 1 fully saturated rings. The maximum absolute atomic E-state index is 13.8. The lowest BCUT2D eigenvalue weighted by Gasteiger charge is -2.38. The molecule has 1 aliphatic rings. The third-order valence-corrected chi connectivity index (χ3v) is 5.74. The first-order valence-electron chi connectivity index (χ1n) is 10.1. The maximum Gasteiger partial charge on any atom is 0.278 e. The number of nitrogens with zero attached hydrogens (tertiary/aromatic N) is 4. The van der Waals surface area contributed by atoms with Crippen molar-refractivity contribution in [1.29, 1.82) is 0 Å². The van der Waals surface area contributed by atoms with Crippen LogP contribution in [0.15, 0.2) is 48.8 Å². The smallest absolute Gasteiger partial charge is 0.278 e. The Morgan fingerprint density at radius 1 is 1.12 bits per heavy atom. The average Bonchev–Trinajstić information content (AvgIpc) is 2.79. The number of carbonyl (C=O) groups excluding carboxylic acids is 1. The summed E-state index contributed by atoms with van der Waals surface area (Å²) in [5.74, 6) is -1.91. The number of nitro benzene ring substituents is 1. The van der Waals surface area contributed by atoms with Gasteiger partial charge in [-0.25, -0.2) is 8.78 Å². The predicted molar refractivity (Wildman–Crippen MR) is 117 cm³/mol. The summed E-state index contributed by atoms with van der Waals surface area (Å²) in [6.07, 6.45) is 3.10. The van der Waals surface area contributed by atoms with E-state index < -0.39 is 22.6 Å². The van der Waals surface area contributed by atoms with Crippen molar-refractivity contribution in [3.8, 4) is 0 Å². The molecule has 0 saturated carbocycles. The molecule has 1 amide bonds. The number of halogens is 2. The van der Waals surface area contributed by atoms with Gasteiger partial charge in [-0.15, -0.1) is 0 Å². The molecule has 0 aliphatic carbocycles. The molecule has 1 aromatic heterocycles. The van der Waals surface area contributed by atoms with Crippen molar-refractivity contribution in [2.24, 2.45) is 0 Å². The number of piperazine rings is 1. The van der Waals surface area contributed by atoms with E-state index in [1.54, 1.807) is 25.3 Å². The van der Waals surface area contributed by atoms with Crippen LogP contribution in [0.1, 0.15) is 6.92 Å². The predicted octanol–water partition coefficient (Wildman–Crippen LogP) is 3.57. The Hall–Kier alpha value is -3.66. The molecular formula is C22H21F2N5O3. The number of non-ortho nitro benzene ring substituents is 1. The van der Waals surface area contributed by atoms with E-state index in [2.05, 4.69) is 15.2 Å². The van der Waals surface area contributed by atoms with E-state index in [-0.39, 0.29) is 17.3 Å². The standard InChI is InChI=1S/C22H21F2N5O3/c1-14(22(30)26-19-3-2-15(23)12-18(19)24)27-8-10-28(11-9-27)20-4-5-21(29(31)32)17-13-25-7-6-16(17)20/h2-7,12-14H,8-11H2,1H3,(H,26,30)/t14-/m1/s1. The SMILES string of the molecule is C[C@H](C(=O)Nc1ccc(F)cc1F)N1CCN(c2ccc([N+](=O)[O-])c3cnccc23)CC1. The number of rotatable bonds is 5. The lowest BCUT2D eigenvalue weighted by Crippen LogP contribution is -2.52. The number of nitro groups is 1. The number of amides is 1. The number of nitrogens with one attached hydrogen (secondary N) is 1. The highest BCUT2D eigenvalue weighted by atomic mass is 19.1. The molecule has 166 valence electrons. The minimum atomic E-state index is -0.824. The van der Waals surface area contributed by atoms with Crippen LogP contribution in [0, 0.1) is 21.7 Å². The van der Waals surface area contributed by atoms with Crippen LogP contribution in [-0.2, 0) is 4.79 Å². The first kappa shape index (κ1) is 21.6. The van der Waals surface area contributed by atoms with Gasteiger partial charge in [0, 0.05) is 61.8 Å². The molecule has 1 atom stereocenters. The molecule has 0 radical (unpaired) electrons. The Labute approximate surface area is 182 Å². The van der Waals surface area contributed by atoms with Crippen LogP contribution >= 0.6 is 0 Å². The molecule has 4 rings (SSSR count). The van der Waals surface area contributed by atoms with Gasteiger partial charge in [0.1, 0.15) is 11.6 Å². The highest BCUT2D eigenvalue weighted by Crippen LogP contribution is 2.33. The largest absolute Gasteiger partial charge is 0.368 e. The van der Waals surface area contributed by atoms with Gasteiger partial charge < -0.3 is 10.2 Å². The Balaban J connectivity index is 1.44. The second kappa shape index (κ2) is 8.83. The fraction of sp³-hybridized carbons (Fsp3) is 0.273. The number of pyridine rings is 1. The van der Waals surface area contributed by atoms with Crippen molar-refractivity contribution in [3.63, 3.8) is 0 Å². The van der Waals surface area contributed by atoms with Crippen LogP contribution in [0.5, 0.6) is 0 Å². The average molecular weight is 441 g/mol. The summed E-state index contributed by atoms with van der Waals surface area (Å²) in [7, 11) is 0. The third-order valence-electron chi connectivity index (χ3n) is 5.74. The Morgan fingerprint density at radius 2 is 1.88 bits per heavy atom. The van der Waals surface area contributed by atoms with Crippen molar-refractivity contribution < 1.29 is 18.5 Å². The molecule has 1 aliphatic heterocycles. The van der Waals surface area contributed by atoms with E-state index in [9.17, 15) is 23.7 Å². The number of benzene rings is 2. The number of hydrogen-bond acceptors (Lipinski definition) is 6. The second-order valence-corrected chi connectivity index (χ2v) is 7.59. The zero-order valence-corrected chi connectivity index (χ0v) is 17.3. The fourth-order valence-corrected chi connectivity index (χ4v) is 3.94. The molecule has 1 saturated heterocycles. The lowest BCUT2D eigenvalue weighted by atomic mass is 10.1. The molecule has 0 bridgehead atoms. The van der Waals surface area contributed by atoms with Crippen LogP contribution in [0.2, 0.25) is 0 Å². The zero-order valence-electron chi connectivity index (χ0n) is 17.3. The molecule has 32 heavy (non-hydrogen) atoms. The highest BCUT2D eigenvalue weighted by molar-refractivity contribution is 5.99. The normalized spacial score (nSPS) is 15.5. The van der Waals surface area contributed by atoms with Crippen molar-refractivity contribution in [3.05, 3.63) is 70.5 Å². The van der Waals surface area contributed by atoms with Crippen molar-refractivity contribution in [2.75, 3.05) is 36.4 Å². The van der Waals surface area contributed by atoms with E-state index >= 15 is 0 Å². The van der Waals surface area contributed by atoms with Gasteiger partial charge in [0.25, 0.3) is 5.69 Å². The molecule has 10 heteroatoms. The summed E-state index contributed by atoms with van der Waals surface area (Å²) in [6, 6.07) is 7.48. The quantitative estimate of drug-likeness (QED) is 0.481. The minimum absolute atomic E-state index is 0.00815. The highest BCUT2D eigenvalue weighted by Gasteiger charge is 2.27. The summed E-state index contributed by atoms with van der Waals surface area (Å²) in [5.41, 5.74) is 0.819. The lowest BCUT2D eigenvalue weighted by molar-refractivity contribution is -0.383. The number of fused-ring (bicyclic) bond motifs is 1. The fourth-order valence-electron chi connectivity index (χ4n) is 3.94. The van der Waals surface area contributed by atoms with Crippen molar-refractivity contribution in [1.82, 2.24) is 9.88 Å². The first-order valence-corrected chi connectivity index (χ1v) is 10.1. The third kappa shape index (κ3) is 4.22. The summed E-state index contributed by atoms with van der Waals surface area (Å²) in [5, 5.41) is 15.1. The number of aromatic nitrogens is 1. The number of hydrogen-bond donors (Lipinski definition) is 1. The summed E-state index contributed by atoms with van der Waals surface area (Å²) >= 11 is 0.